The van der Waals surface area contributed by atoms with Crippen molar-refractivity contribution in [2.45, 2.75) is 20.3 Å². The smallest absolute Gasteiger partial charge is 0.217 e. The molecule has 1 rings (SSSR count). The normalized spacial score (nSPS) is 11.5. The quantitative estimate of drug-likeness (QED) is 0.862. The molecule has 1 heterocycles. The lowest BCUT2D eigenvalue weighted by Gasteiger charge is -2.22. The third-order valence-corrected chi connectivity index (χ3v) is 2.59. The van der Waals surface area contributed by atoms with Gasteiger partial charge in [0, 0.05) is 18.4 Å². The zero-order valence-electron chi connectivity index (χ0n) is 9.25. The fourth-order valence-corrected chi connectivity index (χ4v) is 1.53. The number of aliphatic hydroxyl groups is 1. The van der Waals surface area contributed by atoms with Gasteiger partial charge in [0.15, 0.2) is 0 Å². The number of rotatable bonds is 4. The summed E-state index contributed by atoms with van der Waals surface area (Å²) >= 11 is 6.07. The lowest BCUT2D eigenvalue weighted by Crippen LogP contribution is -2.20. The molecule has 0 aliphatic carbocycles. The number of methoxy groups -OCH3 is 1. The van der Waals surface area contributed by atoms with E-state index in [1.807, 2.05) is 13.8 Å². The number of nitrogens with zero attached hydrogens (tertiary/aromatic N) is 1. The zero-order chi connectivity index (χ0) is 11.5. The molecular formula is C11H16ClNO2. The van der Waals surface area contributed by atoms with E-state index in [0.29, 0.717) is 17.3 Å². The monoisotopic (exact) mass is 229 g/mol. The van der Waals surface area contributed by atoms with Crippen molar-refractivity contribution in [3.63, 3.8) is 0 Å². The summed E-state index contributed by atoms with van der Waals surface area (Å²) in [5.41, 5.74) is 0.626. The van der Waals surface area contributed by atoms with Crippen LogP contribution in [0, 0.1) is 5.41 Å². The predicted octanol–water partition coefficient (Wildman–Crippen LogP) is 2.30. The minimum Gasteiger partial charge on any atom is -0.481 e. The van der Waals surface area contributed by atoms with E-state index in [0.717, 1.165) is 5.56 Å². The Morgan fingerprint density at radius 3 is 2.73 bits per heavy atom. The number of halogens is 1. The number of hydrogen-bond donors (Lipinski definition) is 1. The molecule has 0 spiro atoms. The minimum absolute atomic E-state index is 0.0986. The maximum Gasteiger partial charge on any atom is 0.217 e. The first-order valence-electron chi connectivity index (χ1n) is 4.78. The molecule has 0 radical (unpaired) electrons. The van der Waals surface area contributed by atoms with Crippen molar-refractivity contribution in [2.24, 2.45) is 5.41 Å². The highest BCUT2D eigenvalue weighted by Crippen LogP contribution is 2.31. The van der Waals surface area contributed by atoms with Crippen molar-refractivity contribution in [3.8, 4) is 5.88 Å². The average Bonchev–Trinajstić information content (AvgIpc) is 2.21. The molecule has 0 saturated carbocycles. The Morgan fingerprint density at radius 1 is 1.53 bits per heavy atom. The van der Waals surface area contributed by atoms with E-state index in [2.05, 4.69) is 4.98 Å². The SMILES string of the molecule is COc1nccc(Cl)c1CC(C)(C)CO. The van der Waals surface area contributed by atoms with Crippen molar-refractivity contribution in [3.05, 3.63) is 22.8 Å². The highest BCUT2D eigenvalue weighted by molar-refractivity contribution is 6.31. The molecule has 4 heteroatoms. The van der Waals surface area contributed by atoms with Crippen LogP contribution >= 0.6 is 11.6 Å². The van der Waals surface area contributed by atoms with Crippen molar-refractivity contribution >= 4 is 11.6 Å². The number of ether oxygens (including phenoxy) is 1. The molecule has 0 saturated heterocycles. The van der Waals surface area contributed by atoms with Gasteiger partial charge < -0.3 is 9.84 Å². The molecule has 0 atom stereocenters. The molecule has 15 heavy (non-hydrogen) atoms. The molecule has 1 aromatic heterocycles. The van der Waals surface area contributed by atoms with Crippen LogP contribution in [-0.2, 0) is 6.42 Å². The molecule has 0 bridgehead atoms. The van der Waals surface area contributed by atoms with Crippen LogP contribution in [0.15, 0.2) is 12.3 Å². The molecule has 0 aromatic carbocycles. The van der Waals surface area contributed by atoms with Crippen LogP contribution in [0.2, 0.25) is 5.02 Å². The Labute approximate surface area is 95.1 Å². The van der Waals surface area contributed by atoms with E-state index in [9.17, 15) is 5.11 Å². The molecule has 1 N–H and O–H groups in total. The van der Waals surface area contributed by atoms with Crippen molar-refractivity contribution < 1.29 is 9.84 Å². The summed E-state index contributed by atoms with van der Waals surface area (Å²) in [5, 5.41) is 9.83. The van der Waals surface area contributed by atoms with E-state index < -0.39 is 0 Å². The van der Waals surface area contributed by atoms with Gasteiger partial charge in [0.05, 0.1) is 12.1 Å². The number of aromatic nitrogens is 1. The first-order chi connectivity index (χ1) is 7.00. The van der Waals surface area contributed by atoms with E-state index in [-0.39, 0.29) is 12.0 Å². The summed E-state index contributed by atoms with van der Waals surface area (Å²) < 4.78 is 5.14. The largest absolute Gasteiger partial charge is 0.481 e. The van der Waals surface area contributed by atoms with E-state index >= 15 is 0 Å². The highest BCUT2D eigenvalue weighted by atomic mass is 35.5. The van der Waals surface area contributed by atoms with Gasteiger partial charge in [-0.25, -0.2) is 4.98 Å². The Kier molecular flexibility index (Phi) is 3.94. The lowest BCUT2D eigenvalue weighted by atomic mass is 9.87. The summed E-state index contributed by atoms with van der Waals surface area (Å²) in [6, 6.07) is 1.73. The maximum atomic E-state index is 9.21. The fraction of sp³-hybridized carbons (Fsp3) is 0.545. The van der Waals surface area contributed by atoms with Crippen molar-refractivity contribution in [1.29, 1.82) is 0 Å². The van der Waals surface area contributed by atoms with Crippen LogP contribution in [0.1, 0.15) is 19.4 Å². The van der Waals surface area contributed by atoms with Crippen LogP contribution in [0.3, 0.4) is 0 Å². The zero-order valence-corrected chi connectivity index (χ0v) is 10.0. The standard InChI is InChI=1S/C11H16ClNO2/c1-11(2,7-14)6-8-9(12)4-5-13-10(8)15-3/h4-5,14H,6-7H2,1-3H3. The average molecular weight is 230 g/mol. The summed E-state index contributed by atoms with van der Waals surface area (Å²) in [7, 11) is 1.56. The molecule has 0 fully saturated rings. The highest BCUT2D eigenvalue weighted by Gasteiger charge is 2.21. The summed E-state index contributed by atoms with van der Waals surface area (Å²) in [6.45, 7) is 4.03. The molecule has 0 amide bonds. The van der Waals surface area contributed by atoms with Gasteiger partial charge in [-0.1, -0.05) is 25.4 Å². The Balaban J connectivity index is 3.02. The van der Waals surface area contributed by atoms with Gasteiger partial charge in [0.2, 0.25) is 5.88 Å². The van der Waals surface area contributed by atoms with Crippen molar-refractivity contribution in [1.82, 2.24) is 4.98 Å². The predicted molar refractivity (Wildman–Crippen MR) is 60.4 cm³/mol. The third-order valence-electron chi connectivity index (χ3n) is 2.24. The summed E-state index contributed by atoms with van der Waals surface area (Å²) in [6.07, 6.45) is 2.25. The topological polar surface area (TPSA) is 42.4 Å². The van der Waals surface area contributed by atoms with Gasteiger partial charge >= 0.3 is 0 Å². The lowest BCUT2D eigenvalue weighted by molar-refractivity contribution is 0.158. The molecule has 0 aliphatic rings. The van der Waals surface area contributed by atoms with Gasteiger partial charge in [-0.15, -0.1) is 0 Å². The fourth-order valence-electron chi connectivity index (χ4n) is 1.32. The number of aliphatic hydroxyl groups excluding tert-OH is 1. The van der Waals surface area contributed by atoms with Gasteiger partial charge in [0.1, 0.15) is 0 Å². The molecular weight excluding hydrogens is 214 g/mol. The minimum atomic E-state index is -0.222. The van der Waals surface area contributed by atoms with E-state index in [1.54, 1.807) is 19.4 Å². The van der Waals surface area contributed by atoms with Crippen LogP contribution in [0.25, 0.3) is 0 Å². The summed E-state index contributed by atoms with van der Waals surface area (Å²) in [4.78, 5) is 4.09. The van der Waals surface area contributed by atoms with Crippen LogP contribution < -0.4 is 4.74 Å². The van der Waals surface area contributed by atoms with Gasteiger partial charge in [0.25, 0.3) is 0 Å². The number of pyridine rings is 1. The molecule has 1 aromatic rings. The Hall–Kier alpha value is -0.800. The second-order valence-electron chi connectivity index (χ2n) is 4.28. The van der Waals surface area contributed by atoms with Gasteiger partial charge in [-0.3, -0.25) is 0 Å². The summed E-state index contributed by atoms with van der Waals surface area (Å²) in [5.74, 6) is 0.532. The van der Waals surface area contributed by atoms with Crippen LogP contribution in [0.5, 0.6) is 5.88 Å². The second kappa shape index (κ2) is 4.81. The molecule has 0 aliphatic heterocycles. The molecule has 0 unspecified atom stereocenters. The first kappa shape index (κ1) is 12.3. The van der Waals surface area contributed by atoms with Crippen LogP contribution in [0.4, 0.5) is 0 Å². The Bertz CT molecular complexity index is 339. The van der Waals surface area contributed by atoms with Crippen LogP contribution in [-0.4, -0.2) is 23.8 Å². The van der Waals surface area contributed by atoms with E-state index in [4.69, 9.17) is 16.3 Å². The number of hydrogen-bond acceptors (Lipinski definition) is 3. The van der Waals surface area contributed by atoms with Gasteiger partial charge in [-0.2, -0.15) is 0 Å². The third kappa shape index (κ3) is 3.08. The second-order valence-corrected chi connectivity index (χ2v) is 4.69. The van der Waals surface area contributed by atoms with Gasteiger partial charge in [-0.05, 0) is 17.9 Å². The van der Waals surface area contributed by atoms with Crippen molar-refractivity contribution in [2.75, 3.05) is 13.7 Å². The maximum absolute atomic E-state index is 9.21. The van der Waals surface area contributed by atoms with E-state index in [1.165, 1.54) is 0 Å². The molecule has 3 nitrogen and oxygen atoms in total. The first-order valence-corrected chi connectivity index (χ1v) is 5.16. The Morgan fingerprint density at radius 2 is 2.20 bits per heavy atom. The molecule has 84 valence electrons.